The molecule has 1 fully saturated rings. The average molecular weight is 538 g/mol. The van der Waals surface area contributed by atoms with Crippen LogP contribution < -0.4 is 10.6 Å². The van der Waals surface area contributed by atoms with Crippen LogP contribution in [0.1, 0.15) is 33.1 Å². The minimum absolute atomic E-state index is 0. The van der Waals surface area contributed by atoms with Gasteiger partial charge < -0.3 is 15.0 Å². The van der Waals surface area contributed by atoms with Crippen LogP contribution in [0.4, 0.5) is 8.78 Å². The van der Waals surface area contributed by atoms with E-state index in [4.69, 9.17) is 0 Å². The van der Waals surface area contributed by atoms with Crippen LogP contribution in [0.15, 0.2) is 29.0 Å². The van der Waals surface area contributed by atoms with Crippen molar-refractivity contribution in [3.63, 3.8) is 0 Å². The molecule has 0 radical (unpaired) electrons. The summed E-state index contributed by atoms with van der Waals surface area (Å²) < 4.78 is 28.3. The Labute approximate surface area is 166 Å². The fourth-order valence-electron chi connectivity index (χ4n) is 2.24. The second kappa shape index (κ2) is 11.0. The molecule has 0 saturated carbocycles. The molecule has 1 unspecified atom stereocenters. The van der Waals surface area contributed by atoms with Gasteiger partial charge in [0.25, 0.3) is 0 Å². The van der Waals surface area contributed by atoms with E-state index >= 15 is 0 Å². The van der Waals surface area contributed by atoms with Gasteiger partial charge >= 0.3 is 0 Å². The maximum atomic E-state index is 14.2. The summed E-state index contributed by atoms with van der Waals surface area (Å²) in [5.41, 5.74) is -0.525. The first-order valence-electron chi connectivity index (χ1n) is 8.00. The number of halogens is 2. The van der Waals surface area contributed by atoms with Crippen molar-refractivity contribution in [2.45, 2.75) is 39.2 Å². The van der Waals surface area contributed by atoms with Crippen molar-refractivity contribution in [3.8, 4) is 0 Å². The minimum Gasteiger partial charge on any atom is -0.394 e. The number of nitrogens with zero attached hydrogens (tertiary/aromatic N) is 1. The van der Waals surface area contributed by atoms with Crippen LogP contribution in [0.2, 0.25) is 0 Å². The standard InChI is InChI=1S/C15H16F2N3O3.C2H6.W/c1-20(2)10-5-3-4-8(12(16)13(10)17)14(22)18-9-6-7-11(21)19-15(9)23;1-2;/h3,9H,5-7H2,1-2H3,(H,18,22)(H,19,21,23);1-2H3;/q-1;;. The molecular weight excluding hydrogens is 516 g/mol. The summed E-state index contributed by atoms with van der Waals surface area (Å²) in [5.74, 6) is -4.52. The summed E-state index contributed by atoms with van der Waals surface area (Å²) in [4.78, 5) is 36.2. The molecule has 1 heterocycles. The maximum absolute atomic E-state index is 14.2. The van der Waals surface area contributed by atoms with E-state index in [-0.39, 0.29) is 46.0 Å². The molecule has 3 amide bonds. The summed E-state index contributed by atoms with van der Waals surface area (Å²) in [5, 5.41) is 4.37. The van der Waals surface area contributed by atoms with Gasteiger partial charge in [-0.25, -0.2) is 4.39 Å². The first-order chi connectivity index (χ1) is 11.8. The van der Waals surface area contributed by atoms with Crippen molar-refractivity contribution < 1.29 is 44.2 Å². The van der Waals surface area contributed by atoms with E-state index in [2.05, 4.69) is 16.7 Å². The molecule has 2 N–H and O–H groups in total. The van der Waals surface area contributed by atoms with Gasteiger partial charge in [0.05, 0.1) is 11.9 Å². The van der Waals surface area contributed by atoms with Crippen molar-refractivity contribution in [1.29, 1.82) is 0 Å². The van der Waals surface area contributed by atoms with Crippen LogP contribution in [0.5, 0.6) is 0 Å². The molecule has 0 aromatic rings. The second-order valence-corrected chi connectivity index (χ2v) is 5.37. The molecule has 9 heteroatoms. The van der Waals surface area contributed by atoms with Gasteiger partial charge in [-0.2, -0.15) is 6.08 Å². The summed E-state index contributed by atoms with van der Waals surface area (Å²) in [6, 6.07) is -0.967. The SMILES string of the molecule is CC.CN(C)C1=C(F)C(F)=C(C(=O)NC2CCC(=O)NC2=O)[C-]=CC1.[W]. The van der Waals surface area contributed by atoms with Crippen LogP contribution in [0.25, 0.3) is 0 Å². The fraction of sp³-hybridized carbons (Fsp3) is 0.471. The molecule has 0 spiro atoms. The van der Waals surface area contributed by atoms with Crippen molar-refractivity contribution in [3.05, 3.63) is 35.1 Å². The molecule has 1 aliphatic carbocycles. The van der Waals surface area contributed by atoms with E-state index in [1.54, 1.807) is 14.1 Å². The normalized spacial score (nSPS) is 19.7. The van der Waals surface area contributed by atoms with E-state index in [9.17, 15) is 23.2 Å². The van der Waals surface area contributed by atoms with Gasteiger partial charge in [-0.3, -0.25) is 19.3 Å². The molecular formula is C17H22F2N3O3W-. The molecule has 26 heavy (non-hydrogen) atoms. The molecule has 1 atom stereocenters. The third kappa shape index (κ3) is 5.87. The van der Waals surface area contributed by atoms with Crippen LogP contribution in [-0.2, 0) is 35.4 Å². The van der Waals surface area contributed by atoms with E-state index in [1.807, 2.05) is 13.8 Å². The number of hydrogen-bond acceptors (Lipinski definition) is 4. The molecule has 0 bridgehead atoms. The second-order valence-electron chi connectivity index (χ2n) is 5.37. The zero-order valence-corrected chi connectivity index (χ0v) is 18.0. The minimum atomic E-state index is -1.33. The van der Waals surface area contributed by atoms with E-state index in [1.165, 1.54) is 11.0 Å². The van der Waals surface area contributed by atoms with Crippen LogP contribution in [0, 0.1) is 6.08 Å². The Morgan fingerprint density at radius 3 is 2.42 bits per heavy atom. The van der Waals surface area contributed by atoms with Crippen molar-refractivity contribution in [2.24, 2.45) is 0 Å². The number of nitrogens with one attached hydrogen (secondary N) is 2. The number of piperidine rings is 1. The topological polar surface area (TPSA) is 78.5 Å². The van der Waals surface area contributed by atoms with Gasteiger partial charge in [0.1, 0.15) is 11.7 Å². The summed E-state index contributed by atoms with van der Waals surface area (Å²) in [7, 11) is 3.12. The molecule has 2 aliphatic rings. The Bertz CT molecular complexity index is 658. The number of carbonyl (C=O) groups is 3. The largest absolute Gasteiger partial charge is 0.394 e. The third-order valence-electron chi connectivity index (χ3n) is 3.52. The molecule has 2 rings (SSSR count). The summed E-state index contributed by atoms with van der Waals surface area (Å²) in [6.07, 6.45) is 4.03. The van der Waals surface area contributed by atoms with Gasteiger partial charge in [-0.15, -0.1) is 6.08 Å². The monoisotopic (exact) mass is 538 g/mol. The maximum Gasteiger partial charge on any atom is 0.248 e. The third-order valence-corrected chi connectivity index (χ3v) is 3.52. The molecule has 0 aromatic heterocycles. The summed E-state index contributed by atoms with van der Waals surface area (Å²) >= 11 is 0. The van der Waals surface area contributed by atoms with E-state index in [0.717, 1.165) is 0 Å². The van der Waals surface area contributed by atoms with Crippen LogP contribution in [0.3, 0.4) is 0 Å². The molecule has 0 aromatic carbocycles. The van der Waals surface area contributed by atoms with Gasteiger partial charge in [0.2, 0.25) is 11.8 Å². The predicted molar refractivity (Wildman–Crippen MR) is 88.0 cm³/mol. The van der Waals surface area contributed by atoms with Gasteiger partial charge in [-0.05, 0) is 12.8 Å². The van der Waals surface area contributed by atoms with Crippen molar-refractivity contribution in [2.75, 3.05) is 14.1 Å². The fourth-order valence-corrected chi connectivity index (χ4v) is 2.24. The Balaban J connectivity index is 0.00000201. The molecule has 144 valence electrons. The molecule has 1 saturated heterocycles. The zero-order chi connectivity index (χ0) is 19.1. The Kier molecular flexibility index (Phi) is 10.2. The molecule has 6 nitrogen and oxygen atoms in total. The summed E-state index contributed by atoms with van der Waals surface area (Å²) in [6.45, 7) is 4.00. The first kappa shape index (κ1) is 24.2. The first-order valence-corrected chi connectivity index (χ1v) is 8.00. The smallest absolute Gasteiger partial charge is 0.248 e. The van der Waals surface area contributed by atoms with Gasteiger partial charge in [-0.1, -0.05) is 19.4 Å². The van der Waals surface area contributed by atoms with Crippen molar-refractivity contribution >= 4 is 17.7 Å². The van der Waals surface area contributed by atoms with E-state index in [0.29, 0.717) is 0 Å². The molecule has 1 aliphatic heterocycles. The van der Waals surface area contributed by atoms with Gasteiger partial charge in [0, 0.05) is 47.3 Å². The average Bonchev–Trinajstić information content (AvgIpc) is 2.72. The number of rotatable bonds is 3. The Morgan fingerprint density at radius 2 is 1.88 bits per heavy atom. The van der Waals surface area contributed by atoms with Gasteiger partial charge in [0.15, 0.2) is 0 Å². The Morgan fingerprint density at radius 1 is 1.27 bits per heavy atom. The van der Waals surface area contributed by atoms with Crippen LogP contribution in [-0.4, -0.2) is 42.8 Å². The number of carbonyl (C=O) groups excluding carboxylic acids is 3. The Hall–Kier alpha value is -1.82. The number of amides is 3. The number of allylic oxidation sites excluding steroid dienone is 3. The van der Waals surface area contributed by atoms with Crippen molar-refractivity contribution in [1.82, 2.24) is 15.5 Å². The predicted octanol–water partition coefficient (Wildman–Crippen LogP) is 1.66. The van der Waals surface area contributed by atoms with Crippen LogP contribution >= 0.6 is 0 Å². The van der Waals surface area contributed by atoms with E-state index < -0.39 is 41.0 Å². The quantitative estimate of drug-likeness (QED) is 0.424. The number of imide groups is 1. The number of hydrogen-bond donors (Lipinski definition) is 2. The zero-order valence-electron chi connectivity index (χ0n) is 15.1.